The summed E-state index contributed by atoms with van der Waals surface area (Å²) in [5.41, 5.74) is 3.57. The van der Waals surface area contributed by atoms with Crippen LogP contribution in [0.5, 0.6) is 17.2 Å². The zero-order valence-corrected chi connectivity index (χ0v) is 16.0. The lowest BCUT2D eigenvalue weighted by atomic mass is 10.1. The van der Waals surface area contributed by atoms with Crippen LogP contribution in [0.15, 0.2) is 49.1 Å². The standard InChI is InChI=1S/C22H29NO3/c1-5-7-19-14-18(15-21(25-4)22(19)26-6-2)16-23-13-12-17-8-10-20(24-3)11-9-17/h5,8-11,14-15,23H,1,6-7,12-13,16H2,2-4H3. The van der Waals surface area contributed by atoms with Crippen molar-refractivity contribution in [2.24, 2.45) is 0 Å². The molecule has 0 heterocycles. The highest BCUT2D eigenvalue weighted by Gasteiger charge is 2.12. The van der Waals surface area contributed by atoms with Crippen LogP contribution in [0.4, 0.5) is 0 Å². The molecule has 0 spiro atoms. The van der Waals surface area contributed by atoms with Crippen molar-refractivity contribution in [3.8, 4) is 17.2 Å². The van der Waals surface area contributed by atoms with Gasteiger partial charge in [-0.1, -0.05) is 24.3 Å². The first-order valence-electron chi connectivity index (χ1n) is 8.98. The summed E-state index contributed by atoms with van der Waals surface area (Å²) in [6.07, 6.45) is 3.61. The van der Waals surface area contributed by atoms with E-state index in [-0.39, 0.29) is 0 Å². The van der Waals surface area contributed by atoms with E-state index in [1.54, 1.807) is 14.2 Å². The maximum atomic E-state index is 5.77. The molecule has 4 heteroatoms. The Kier molecular flexibility index (Phi) is 8.03. The molecule has 0 unspecified atom stereocenters. The van der Waals surface area contributed by atoms with E-state index < -0.39 is 0 Å². The number of hydrogen-bond donors (Lipinski definition) is 1. The van der Waals surface area contributed by atoms with Crippen LogP contribution in [0, 0.1) is 0 Å². The van der Waals surface area contributed by atoms with Gasteiger partial charge in [-0.05, 0) is 55.6 Å². The van der Waals surface area contributed by atoms with E-state index in [0.717, 1.165) is 48.7 Å². The molecule has 2 aromatic carbocycles. The summed E-state index contributed by atoms with van der Waals surface area (Å²) in [5, 5.41) is 3.50. The maximum Gasteiger partial charge on any atom is 0.164 e. The highest BCUT2D eigenvalue weighted by atomic mass is 16.5. The highest BCUT2D eigenvalue weighted by Crippen LogP contribution is 2.33. The van der Waals surface area contributed by atoms with E-state index in [9.17, 15) is 0 Å². The molecule has 0 bridgehead atoms. The van der Waals surface area contributed by atoms with Crippen LogP contribution in [0.3, 0.4) is 0 Å². The fraction of sp³-hybridized carbons (Fsp3) is 0.364. The number of hydrogen-bond acceptors (Lipinski definition) is 4. The van der Waals surface area contributed by atoms with Gasteiger partial charge in [0.05, 0.1) is 20.8 Å². The molecule has 140 valence electrons. The summed E-state index contributed by atoms with van der Waals surface area (Å²) in [6.45, 7) is 8.11. The quantitative estimate of drug-likeness (QED) is 0.485. The third kappa shape index (κ3) is 5.53. The first kappa shape index (κ1) is 19.9. The minimum absolute atomic E-state index is 0.611. The van der Waals surface area contributed by atoms with Crippen LogP contribution >= 0.6 is 0 Å². The molecule has 0 saturated carbocycles. The minimum atomic E-state index is 0.611. The average Bonchev–Trinajstić information content (AvgIpc) is 2.67. The predicted octanol–water partition coefficient (Wildman–Crippen LogP) is 4.16. The van der Waals surface area contributed by atoms with E-state index in [1.165, 1.54) is 11.1 Å². The van der Waals surface area contributed by atoms with Crippen LogP contribution in [-0.4, -0.2) is 27.4 Å². The number of benzene rings is 2. The third-order valence-corrected chi connectivity index (χ3v) is 4.14. The lowest BCUT2D eigenvalue weighted by Crippen LogP contribution is -2.17. The molecule has 0 aliphatic rings. The molecular formula is C22H29NO3. The Morgan fingerprint density at radius 1 is 1.04 bits per heavy atom. The second-order valence-electron chi connectivity index (χ2n) is 5.99. The maximum absolute atomic E-state index is 5.77. The predicted molar refractivity (Wildman–Crippen MR) is 106 cm³/mol. The van der Waals surface area contributed by atoms with E-state index in [2.05, 4.69) is 30.1 Å². The van der Waals surface area contributed by atoms with E-state index >= 15 is 0 Å². The number of nitrogens with one attached hydrogen (secondary N) is 1. The van der Waals surface area contributed by atoms with Gasteiger partial charge >= 0.3 is 0 Å². The molecule has 4 nitrogen and oxygen atoms in total. The summed E-state index contributed by atoms with van der Waals surface area (Å²) >= 11 is 0. The SMILES string of the molecule is C=CCc1cc(CNCCc2ccc(OC)cc2)cc(OC)c1OCC. The van der Waals surface area contributed by atoms with Gasteiger partial charge in [0.2, 0.25) is 0 Å². The molecule has 0 amide bonds. The first-order valence-corrected chi connectivity index (χ1v) is 8.98. The van der Waals surface area contributed by atoms with Crippen LogP contribution in [-0.2, 0) is 19.4 Å². The Morgan fingerprint density at radius 3 is 2.42 bits per heavy atom. The van der Waals surface area contributed by atoms with Gasteiger partial charge in [0.15, 0.2) is 11.5 Å². The molecule has 0 aromatic heterocycles. The number of allylic oxidation sites excluding steroid dienone is 1. The molecule has 2 aromatic rings. The smallest absolute Gasteiger partial charge is 0.164 e. The summed E-state index contributed by atoms with van der Waals surface area (Å²) in [4.78, 5) is 0. The second-order valence-corrected chi connectivity index (χ2v) is 5.99. The number of methoxy groups -OCH3 is 2. The van der Waals surface area contributed by atoms with Crippen molar-refractivity contribution in [3.63, 3.8) is 0 Å². The Hall–Kier alpha value is -2.46. The molecule has 0 saturated heterocycles. The van der Waals surface area contributed by atoms with E-state index in [0.29, 0.717) is 6.61 Å². The zero-order valence-electron chi connectivity index (χ0n) is 16.0. The van der Waals surface area contributed by atoms with E-state index in [1.807, 2.05) is 31.2 Å². The monoisotopic (exact) mass is 355 g/mol. The van der Waals surface area contributed by atoms with Gasteiger partial charge in [-0.25, -0.2) is 0 Å². The van der Waals surface area contributed by atoms with Crippen molar-refractivity contribution in [3.05, 3.63) is 65.7 Å². The Balaban J connectivity index is 1.97. The van der Waals surface area contributed by atoms with Crippen molar-refractivity contribution in [2.45, 2.75) is 26.3 Å². The van der Waals surface area contributed by atoms with Crippen molar-refractivity contribution in [1.29, 1.82) is 0 Å². The van der Waals surface area contributed by atoms with Crippen LogP contribution in [0.25, 0.3) is 0 Å². The molecule has 0 radical (unpaired) electrons. The molecule has 0 aliphatic heterocycles. The first-order chi connectivity index (χ1) is 12.7. The highest BCUT2D eigenvalue weighted by molar-refractivity contribution is 5.50. The Morgan fingerprint density at radius 2 is 1.81 bits per heavy atom. The molecule has 0 aliphatic carbocycles. The minimum Gasteiger partial charge on any atom is -0.497 e. The molecule has 2 rings (SSSR count). The van der Waals surface area contributed by atoms with Crippen molar-refractivity contribution < 1.29 is 14.2 Å². The van der Waals surface area contributed by atoms with Gasteiger partial charge in [-0.2, -0.15) is 0 Å². The molecule has 1 N–H and O–H groups in total. The van der Waals surface area contributed by atoms with E-state index in [4.69, 9.17) is 14.2 Å². The second kappa shape index (κ2) is 10.5. The lowest BCUT2D eigenvalue weighted by Gasteiger charge is -2.16. The van der Waals surface area contributed by atoms with Gasteiger partial charge < -0.3 is 19.5 Å². The summed E-state index contributed by atoms with van der Waals surface area (Å²) in [7, 11) is 3.36. The number of rotatable bonds is 11. The van der Waals surface area contributed by atoms with Gasteiger partial charge in [-0.3, -0.25) is 0 Å². The van der Waals surface area contributed by atoms with Crippen molar-refractivity contribution in [2.75, 3.05) is 27.4 Å². The number of ether oxygens (including phenoxy) is 3. The summed E-state index contributed by atoms with van der Waals surface area (Å²) in [5.74, 6) is 2.48. The van der Waals surface area contributed by atoms with Gasteiger partial charge in [-0.15, -0.1) is 6.58 Å². The Labute approximate surface area is 156 Å². The normalized spacial score (nSPS) is 10.4. The topological polar surface area (TPSA) is 39.7 Å². The van der Waals surface area contributed by atoms with Crippen LogP contribution in [0.1, 0.15) is 23.6 Å². The van der Waals surface area contributed by atoms with Crippen LogP contribution < -0.4 is 19.5 Å². The van der Waals surface area contributed by atoms with Crippen LogP contribution in [0.2, 0.25) is 0 Å². The molecule has 26 heavy (non-hydrogen) atoms. The zero-order chi connectivity index (χ0) is 18.8. The summed E-state index contributed by atoms with van der Waals surface area (Å²) < 4.78 is 16.5. The molecule has 0 atom stereocenters. The van der Waals surface area contributed by atoms with Crippen molar-refractivity contribution >= 4 is 0 Å². The van der Waals surface area contributed by atoms with Crippen molar-refractivity contribution in [1.82, 2.24) is 5.32 Å². The molecule has 0 fully saturated rings. The van der Waals surface area contributed by atoms with Gasteiger partial charge in [0.1, 0.15) is 5.75 Å². The largest absolute Gasteiger partial charge is 0.497 e. The fourth-order valence-corrected chi connectivity index (χ4v) is 2.85. The Bertz CT molecular complexity index is 695. The summed E-state index contributed by atoms with van der Waals surface area (Å²) in [6, 6.07) is 12.4. The third-order valence-electron chi connectivity index (χ3n) is 4.14. The molecular weight excluding hydrogens is 326 g/mol. The fourth-order valence-electron chi connectivity index (χ4n) is 2.85. The van der Waals surface area contributed by atoms with Gasteiger partial charge in [0, 0.05) is 12.1 Å². The average molecular weight is 355 g/mol. The van der Waals surface area contributed by atoms with Gasteiger partial charge in [0.25, 0.3) is 0 Å². The lowest BCUT2D eigenvalue weighted by molar-refractivity contribution is 0.308.